The van der Waals surface area contributed by atoms with Gasteiger partial charge in [-0.25, -0.2) is 8.42 Å². The van der Waals surface area contributed by atoms with Gasteiger partial charge < -0.3 is 9.80 Å². The molecule has 0 N–H and O–H groups in total. The van der Waals surface area contributed by atoms with E-state index in [4.69, 9.17) is 0 Å². The van der Waals surface area contributed by atoms with Gasteiger partial charge in [-0.15, -0.1) is 11.3 Å². The highest BCUT2D eigenvalue weighted by Gasteiger charge is 2.33. The van der Waals surface area contributed by atoms with Crippen molar-refractivity contribution in [3.8, 4) is 0 Å². The summed E-state index contributed by atoms with van der Waals surface area (Å²) in [7, 11) is 0.163. The van der Waals surface area contributed by atoms with E-state index >= 15 is 0 Å². The SMILES string of the molecule is CN(CCN(C)C1CCCCC1)C(=O)c1sccc1S(=O)(=O)N1CCc2ccccc2C1. The van der Waals surface area contributed by atoms with E-state index in [9.17, 15) is 13.2 Å². The molecule has 0 bridgehead atoms. The second-order valence-electron chi connectivity index (χ2n) is 8.97. The number of nitrogens with zero attached hydrogens (tertiary/aromatic N) is 3. The van der Waals surface area contributed by atoms with Crippen LogP contribution < -0.4 is 0 Å². The number of likely N-dealkylation sites (N-methyl/N-ethyl adjacent to an activating group) is 2. The molecule has 8 heteroatoms. The Kier molecular flexibility index (Phi) is 7.34. The third-order valence-electron chi connectivity index (χ3n) is 6.87. The average Bonchev–Trinajstić information content (AvgIpc) is 3.33. The number of rotatable bonds is 7. The van der Waals surface area contributed by atoms with Crippen molar-refractivity contribution in [1.82, 2.24) is 14.1 Å². The smallest absolute Gasteiger partial charge is 0.265 e. The molecule has 174 valence electrons. The number of carbonyl (C=O) groups is 1. The second kappa shape index (κ2) is 10.0. The number of sulfonamides is 1. The molecule has 1 aromatic carbocycles. The van der Waals surface area contributed by atoms with Gasteiger partial charge in [0.2, 0.25) is 10.0 Å². The van der Waals surface area contributed by atoms with E-state index in [1.165, 1.54) is 53.3 Å². The summed E-state index contributed by atoms with van der Waals surface area (Å²) in [5, 5.41) is 1.71. The summed E-state index contributed by atoms with van der Waals surface area (Å²) < 4.78 is 28.4. The topological polar surface area (TPSA) is 60.9 Å². The number of fused-ring (bicyclic) bond motifs is 1. The van der Waals surface area contributed by atoms with E-state index in [1.807, 2.05) is 18.2 Å². The largest absolute Gasteiger partial charge is 0.340 e. The molecule has 1 aromatic heterocycles. The van der Waals surface area contributed by atoms with Crippen LogP contribution in [-0.4, -0.2) is 68.2 Å². The number of thiophene rings is 1. The van der Waals surface area contributed by atoms with Gasteiger partial charge in [-0.05, 0) is 48.9 Å². The zero-order valence-corrected chi connectivity index (χ0v) is 20.6. The standard InChI is InChI=1S/C24H33N3O3S2/c1-25(21-10-4-3-5-11-21)15-16-26(2)24(28)23-22(13-17-31-23)32(29,30)27-14-12-19-8-6-7-9-20(19)18-27/h6-9,13,17,21H,3-5,10-12,14-16,18H2,1-2H3. The molecule has 2 aromatic rings. The van der Waals surface area contributed by atoms with Gasteiger partial charge in [0.05, 0.1) is 0 Å². The Morgan fingerprint density at radius 2 is 1.78 bits per heavy atom. The maximum Gasteiger partial charge on any atom is 0.265 e. The maximum atomic E-state index is 13.4. The highest BCUT2D eigenvalue weighted by atomic mass is 32.2. The van der Waals surface area contributed by atoms with Gasteiger partial charge in [0.15, 0.2) is 0 Å². The lowest BCUT2D eigenvalue weighted by Crippen LogP contribution is -2.40. The zero-order chi connectivity index (χ0) is 22.7. The normalized spacial score (nSPS) is 18.0. The van der Waals surface area contributed by atoms with Crippen LogP contribution in [-0.2, 0) is 23.0 Å². The third-order valence-corrected chi connectivity index (χ3v) is 9.79. The number of hydrogen-bond donors (Lipinski definition) is 0. The fourth-order valence-corrected chi connectivity index (χ4v) is 7.57. The molecule has 1 saturated carbocycles. The molecule has 1 aliphatic heterocycles. The first kappa shape index (κ1) is 23.4. The average molecular weight is 476 g/mol. The number of benzene rings is 1. The molecule has 2 heterocycles. The molecule has 1 fully saturated rings. The number of carbonyl (C=O) groups excluding carboxylic acids is 1. The van der Waals surface area contributed by atoms with Gasteiger partial charge >= 0.3 is 0 Å². The van der Waals surface area contributed by atoms with Crippen LogP contribution in [0, 0.1) is 0 Å². The molecule has 1 amide bonds. The Morgan fingerprint density at radius 3 is 2.53 bits per heavy atom. The molecule has 4 rings (SSSR count). The summed E-state index contributed by atoms with van der Waals surface area (Å²) in [5.74, 6) is -0.215. The minimum Gasteiger partial charge on any atom is -0.340 e. The molecule has 32 heavy (non-hydrogen) atoms. The minimum absolute atomic E-state index is 0.138. The lowest BCUT2D eigenvalue weighted by molar-refractivity contribution is 0.0768. The number of hydrogen-bond acceptors (Lipinski definition) is 5. The second-order valence-corrected chi connectivity index (χ2v) is 11.8. The summed E-state index contributed by atoms with van der Waals surface area (Å²) in [4.78, 5) is 17.6. The van der Waals surface area contributed by atoms with E-state index in [0.29, 0.717) is 37.0 Å². The Hall–Kier alpha value is -1.74. The lowest BCUT2D eigenvalue weighted by Gasteiger charge is -2.32. The predicted octanol–water partition coefficient (Wildman–Crippen LogP) is 3.83. The van der Waals surface area contributed by atoms with Crippen LogP contribution in [0.25, 0.3) is 0 Å². The molecular weight excluding hydrogens is 442 g/mol. The van der Waals surface area contributed by atoms with Gasteiger partial charge in [-0.1, -0.05) is 43.5 Å². The molecule has 0 radical (unpaired) electrons. The van der Waals surface area contributed by atoms with Crippen LogP contribution in [0.4, 0.5) is 0 Å². The zero-order valence-electron chi connectivity index (χ0n) is 19.0. The summed E-state index contributed by atoms with van der Waals surface area (Å²) in [6.07, 6.45) is 7.01. The molecule has 0 unspecified atom stereocenters. The fraction of sp³-hybridized carbons (Fsp3) is 0.542. The van der Waals surface area contributed by atoms with Crippen molar-refractivity contribution in [3.63, 3.8) is 0 Å². The van der Waals surface area contributed by atoms with Crippen molar-refractivity contribution in [2.45, 2.75) is 56.0 Å². The molecule has 2 aliphatic rings. The summed E-state index contributed by atoms with van der Waals surface area (Å²) in [6.45, 7) is 2.17. The Bertz CT molecular complexity index is 1040. The van der Waals surface area contributed by atoms with E-state index in [0.717, 1.165) is 12.1 Å². The molecule has 0 saturated heterocycles. The minimum atomic E-state index is -3.73. The van der Waals surface area contributed by atoms with E-state index < -0.39 is 10.0 Å². The van der Waals surface area contributed by atoms with E-state index in [1.54, 1.807) is 23.4 Å². The van der Waals surface area contributed by atoms with Gasteiger partial charge in [0.1, 0.15) is 9.77 Å². The van der Waals surface area contributed by atoms with Crippen molar-refractivity contribution >= 4 is 27.3 Å². The van der Waals surface area contributed by atoms with Gasteiger partial charge in [0.25, 0.3) is 5.91 Å². The summed E-state index contributed by atoms with van der Waals surface area (Å²) in [6, 6.07) is 10.1. The van der Waals surface area contributed by atoms with Crippen LogP contribution in [0.3, 0.4) is 0 Å². The first-order valence-corrected chi connectivity index (χ1v) is 13.8. The van der Waals surface area contributed by atoms with Gasteiger partial charge in [0, 0.05) is 39.3 Å². The maximum absolute atomic E-state index is 13.4. The molecule has 6 nitrogen and oxygen atoms in total. The monoisotopic (exact) mass is 475 g/mol. The first-order valence-electron chi connectivity index (χ1n) is 11.5. The van der Waals surface area contributed by atoms with Crippen LogP contribution >= 0.6 is 11.3 Å². The Labute approximate surface area is 195 Å². The van der Waals surface area contributed by atoms with Gasteiger partial charge in [-0.2, -0.15) is 4.31 Å². The van der Waals surface area contributed by atoms with Crippen molar-refractivity contribution < 1.29 is 13.2 Å². The summed E-state index contributed by atoms with van der Waals surface area (Å²) in [5.41, 5.74) is 2.23. The molecule has 0 atom stereocenters. The van der Waals surface area contributed by atoms with Crippen LogP contribution in [0.15, 0.2) is 40.6 Å². The van der Waals surface area contributed by atoms with Crippen molar-refractivity contribution in [2.75, 3.05) is 33.7 Å². The number of amides is 1. The van der Waals surface area contributed by atoms with Gasteiger partial charge in [-0.3, -0.25) is 4.79 Å². The van der Waals surface area contributed by atoms with Crippen molar-refractivity contribution in [3.05, 3.63) is 51.7 Å². The fourth-order valence-electron chi connectivity index (χ4n) is 4.76. The molecule has 1 aliphatic carbocycles. The first-order chi connectivity index (χ1) is 15.4. The highest BCUT2D eigenvalue weighted by Crippen LogP contribution is 2.30. The van der Waals surface area contributed by atoms with E-state index in [-0.39, 0.29) is 10.8 Å². The molecule has 0 spiro atoms. The Morgan fingerprint density at radius 1 is 1.06 bits per heavy atom. The third kappa shape index (κ3) is 4.93. The van der Waals surface area contributed by atoms with Crippen molar-refractivity contribution in [2.24, 2.45) is 0 Å². The lowest BCUT2D eigenvalue weighted by atomic mass is 9.94. The Balaban J connectivity index is 1.43. The quantitative estimate of drug-likeness (QED) is 0.611. The molecular formula is C24H33N3O3S2. The predicted molar refractivity (Wildman–Crippen MR) is 129 cm³/mol. The van der Waals surface area contributed by atoms with Crippen LogP contribution in [0.2, 0.25) is 0 Å². The van der Waals surface area contributed by atoms with E-state index in [2.05, 4.69) is 18.0 Å². The van der Waals surface area contributed by atoms with Crippen molar-refractivity contribution in [1.29, 1.82) is 0 Å². The highest BCUT2D eigenvalue weighted by molar-refractivity contribution is 7.89. The van der Waals surface area contributed by atoms with Crippen LogP contribution in [0.1, 0.15) is 52.9 Å². The van der Waals surface area contributed by atoms with Crippen LogP contribution in [0.5, 0.6) is 0 Å². The summed E-state index contributed by atoms with van der Waals surface area (Å²) >= 11 is 1.21.